The van der Waals surface area contributed by atoms with E-state index < -0.39 is 12.0 Å². The lowest BCUT2D eigenvalue weighted by Gasteiger charge is -2.41. The predicted molar refractivity (Wildman–Crippen MR) is 121 cm³/mol. The van der Waals surface area contributed by atoms with Gasteiger partial charge < -0.3 is 19.9 Å². The number of halogens is 1. The van der Waals surface area contributed by atoms with Crippen molar-refractivity contribution in [1.82, 2.24) is 10.2 Å². The highest BCUT2D eigenvalue weighted by atomic mass is 19.1. The lowest BCUT2D eigenvalue weighted by molar-refractivity contribution is -0.895. The monoisotopic (exact) mass is 442 g/mol. The molecule has 2 aromatic carbocycles. The molecule has 0 radical (unpaired) electrons. The van der Waals surface area contributed by atoms with Crippen LogP contribution < -0.4 is 10.2 Å². The summed E-state index contributed by atoms with van der Waals surface area (Å²) in [6, 6.07) is 12.8. The van der Waals surface area contributed by atoms with Crippen molar-refractivity contribution in [3.8, 4) is 0 Å². The van der Waals surface area contributed by atoms with E-state index in [1.165, 1.54) is 17.0 Å². The molecule has 32 heavy (non-hydrogen) atoms. The van der Waals surface area contributed by atoms with Gasteiger partial charge >= 0.3 is 0 Å². The summed E-state index contributed by atoms with van der Waals surface area (Å²) in [5, 5.41) is 3.09. The van der Waals surface area contributed by atoms with Crippen molar-refractivity contribution in [2.24, 2.45) is 0 Å². The molecule has 1 aliphatic rings. The van der Waals surface area contributed by atoms with Crippen molar-refractivity contribution in [1.29, 1.82) is 0 Å². The van der Waals surface area contributed by atoms with Crippen LogP contribution in [0.3, 0.4) is 0 Å². The molecule has 0 saturated carbocycles. The number of quaternary nitrogens is 1. The molecule has 0 saturated heterocycles. The number of fused-ring (bicyclic) bond motifs is 1. The summed E-state index contributed by atoms with van der Waals surface area (Å²) < 4.78 is 18.9. The normalized spacial score (nSPS) is 18.0. The summed E-state index contributed by atoms with van der Waals surface area (Å²) in [5.41, 5.74) is 1.95. The number of carbonyl (C=O) groups excluding carboxylic acids is 2. The number of rotatable bonds is 10. The SMILES string of the molecule is CC[NH+](CC)CCNC(=O)C1c2ccccc2C(=O)N(CCOC)C1c1ccc(F)cc1. The third-order valence-electron chi connectivity index (χ3n) is 6.25. The van der Waals surface area contributed by atoms with Crippen molar-refractivity contribution in [2.45, 2.75) is 25.8 Å². The van der Waals surface area contributed by atoms with Gasteiger partial charge in [-0.3, -0.25) is 9.59 Å². The molecule has 3 rings (SSSR count). The third-order valence-corrected chi connectivity index (χ3v) is 6.25. The minimum Gasteiger partial charge on any atom is -0.383 e. The second-order valence-corrected chi connectivity index (χ2v) is 8.05. The average Bonchev–Trinajstić information content (AvgIpc) is 2.81. The summed E-state index contributed by atoms with van der Waals surface area (Å²) in [7, 11) is 1.58. The Morgan fingerprint density at radius 1 is 1.12 bits per heavy atom. The Bertz CT molecular complexity index is 915. The van der Waals surface area contributed by atoms with Crippen LogP contribution >= 0.6 is 0 Å². The molecular weight excluding hydrogens is 409 g/mol. The number of amides is 2. The molecule has 0 bridgehead atoms. The van der Waals surface area contributed by atoms with E-state index >= 15 is 0 Å². The number of hydrogen-bond acceptors (Lipinski definition) is 3. The van der Waals surface area contributed by atoms with Gasteiger partial charge in [-0.05, 0) is 43.2 Å². The maximum absolute atomic E-state index is 13.7. The first kappa shape index (κ1) is 23.9. The highest BCUT2D eigenvalue weighted by Gasteiger charge is 2.43. The number of ether oxygens (including phenoxy) is 1. The number of nitrogens with zero attached hydrogens (tertiary/aromatic N) is 1. The van der Waals surface area contributed by atoms with Crippen LogP contribution in [-0.2, 0) is 9.53 Å². The van der Waals surface area contributed by atoms with Crippen molar-refractivity contribution in [3.05, 3.63) is 71.0 Å². The fraction of sp³-hybridized carbons (Fsp3) is 0.440. The Morgan fingerprint density at radius 2 is 1.81 bits per heavy atom. The summed E-state index contributed by atoms with van der Waals surface area (Å²) >= 11 is 0. The zero-order valence-corrected chi connectivity index (χ0v) is 19.1. The Kier molecular flexibility index (Phi) is 8.36. The molecule has 2 amide bonds. The second kappa shape index (κ2) is 11.2. The van der Waals surface area contributed by atoms with Gasteiger partial charge in [0.15, 0.2) is 0 Å². The van der Waals surface area contributed by atoms with Crippen molar-refractivity contribution in [2.75, 3.05) is 46.4 Å². The standard InChI is InChI=1S/C25H32FN3O3/c1-4-28(5-2)15-14-27-24(30)22-20-8-6-7-9-21(20)25(31)29(16-17-32-3)23(22)18-10-12-19(26)13-11-18/h6-13,22-23H,4-5,14-17H2,1-3H3,(H,27,30)/p+1. The van der Waals surface area contributed by atoms with Crippen LogP contribution in [0.1, 0.15) is 47.3 Å². The minimum absolute atomic E-state index is 0.131. The molecule has 0 aliphatic carbocycles. The Labute approximate surface area is 189 Å². The van der Waals surface area contributed by atoms with Crippen molar-refractivity contribution < 1.29 is 23.6 Å². The van der Waals surface area contributed by atoms with Gasteiger partial charge in [-0.2, -0.15) is 0 Å². The van der Waals surface area contributed by atoms with Gasteiger partial charge in [0.05, 0.1) is 44.7 Å². The maximum atomic E-state index is 13.7. The van der Waals surface area contributed by atoms with E-state index in [1.54, 1.807) is 30.2 Å². The fourth-order valence-corrected chi connectivity index (χ4v) is 4.42. The molecule has 0 spiro atoms. The van der Waals surface area contributed by atoms with Crippen LogP contribution in [0, 0.1) is 5.82 Å². The van der Waals surface area contributed by atoms with Gasteiger partial charge in [-0.15, -0.1) is 0 Å². The first-order valence-electron chi connectivity index (χ1n) is 11.3. The molecule has 7 heteroatoms. The molecule has 0 aromatic heterocycles. The van der Waals surface area contributed by atoms with Crippen LogP contribution in [0.2, 0.25) is 0 Å². The molecule has 0 fully saturated rings. The topological polar surface area (TPSA) is 63.1 Å². The van der Waals surface area contributed by atoms with Gasteiger partial charge in [-0.25, -0.2) is 4.39 Å². The van der Waals surface area contributed by atoms with Crippen LogP contribution in [0.5, 0.6) is 0 Å². The number of nitrogens with one attached hydrogen (secondary N) is 2. The van der Waals surface area contributed by atoms with E-state index in [-0.39, 0.29) is 17.6 Å². The number of likely N-dealkylation sites (N-methyl/N-ethyl adjacent to an activating group) is 1. The molecule has 1 heterocycles. The van der Waals surface area contributed by atoms with Crippen LogP contribution in [0.25, 0.3) is 0 Å². The molecular formula is C25H33FN3O3+. The van der Waals surface area contributed by atoms with Crippen molar-refractivity contribution in [3.63, 3.8) is 0 Å². The largest absolute Gasteiger partial charge is 0.383 e. The Morgan fingerprint density at radius 3 is 2.47 bits per heavy atom. The van der Waals surface area contributed by atoms with E-state index in [0.29, 0.717) is 30.8 Å². The first-order chi connectivity index (χ1) is 15.5. The summed E-state index contributed by atoms with van der Waals surface area (Å²) in [6.45, 7) is 8.30. The average molecular weight is 443 g/mol. The van der Waals surface area contributed by atoms with Crippen molar-refractivity contribution >= 4 is 11.8 Å². The minimum atomic E-state index is -0.599. The van der Waals surface area contributed by atoms with E-state index in [9.17, 15) is 14.0 Å². The number of carbonyl (C=O) groups is 2. The smallest absolute Gasteiger partial charge is 0.254 e. The Balaban J connectivity index is 2.00. The fourth-order valence-electron chi connectivity index (χ4n) is 4.42. The highest BCUT2D eigenvalue weighted by molar-refractivity contribution is 6.01. The van der Waals surface area contributed by atoms with Crippen LogP contribution in [0.4, 0.5) is 4.39 Å². The summed E-state index contributed by atoms with van der Waals surface area (Å²) in [4.78, 5) is 30.0. The van der Waals surface area contributed by atoms with Crippen LogP contribution in [-0.4, -0.2) is 63.2 Å². The number of hydrogen-bond donors (Lipinski definition) is 2. The molecule has 2 aromatic rings. The van der Waals surface area contributed by atoms with Crippen LogP contribution in [0.15, 0.2) is 48.5 Å². The predicted octanol–water partition coefficient (Wildman–Crippen LogP) is 1.79. The maximum Gasteiger partial charge on any atom is 0.254 e. The van der Waals surface area contributed by atoms with E-state index in [4.69, 9.17) is 4.74 Å². The zero-order chi connectivity index (χ0) is 23.1. The molecule has 2 atom stereocenters. The second-order valence-electron chi connectivity index (χ2n) is 8.05. The van der Waals surface area contributed by atoms with Gasteiger partial charge in [-0.1, -0.05) is 30.3 Å². The molecule has 2 unspecified atom stereocenters. The quantitative estimate of drug-likeness (QED) is 0.590. The first-order valence-corrected chi connectivity index (χ1v) is 11.3. The summed E-state index contributed by atoms with van der Waals surface area (Å²) in [6.07, 6.45) is 0. The molecule has 2 N–H and O–H groups in total. The van der Waals surface area contributed by atoms with Gasteiger partial charge in [0.25, 0.3) is 5.91 Å². The van der Waals surface area contributed by atoms with E-state index in [1.807, 2.05) is 18.2 Å². The van der Waals surface area contributed by atoms with Gasteiger partial charge in [0.2, 0.25) is 5.91 Å². The Hall–Kier alpha value is -2.77. The van der Waals surface area contributed by atoms with E-state index in [2.05, 4.69) is 19.2 Å². The third kappa shape index (κ3) is 5.16. The number of methoxy groups -OCH3 is 1. The highest BCUT2D eigenvalue weighted by Crippen LogP contribution is 2.42. The van der Waals surface area contributed by atoms with Gasteiger partial charge in [0.1, 0.15) is 5.82 Å². The lowest BCUT2D eigenvalue weighted by atomic mass is 9.79. The van der Waals surface area contributed by atoms with Gasteiger partial charge in [0, 0.05) is 19.2 Å². The molecule has 6 nitrogen and oxygen atoms in total. The van der Waals surface area contributed by atoms with E-state index in [0.717, 1.165) is 25.2 Å². The lowest BCUT2D eigenvalue weighted by Crippen LogP contribution is -3.12. The number of benzene rings is 2. The molecule has 1 aliphatic heterocycles. The molecule has 172 valence electrons. The summed E-state index contributed by atoms with van der Waals surface area (Å²) in [5.74, 6) is -1.24. The zero-order valence-electron chi connectivity index (χ0n) is 19.1.